The highest BCUT2D eigenvalue weighted by Crippen LogP contribution is 2.12. The summed E-state index contributed by atoms with van der Waals surface area (Å²) in [7, 11) is 0. The van der Waals surface area contributed by atoms with Crippen molar-refractivity contribution in [2.75, 3.05) is 0 Å². The molecular formula is C10H9F. The van der Waals surface area contributed by atoms with Crippen LogP contribution in [0.3, 0.4) is 0 Å². The molecule has 0 aliphatic heterocycles. The number of allylic oxidation sites excluding steroid dienone is 2. The fourth-order valence-electron chi connectivity index (χ4n) is 0.782. The highest BCUT2D eigenvalue weighted by molar-refractivity contribution is 5.71. The van der Waals surface area contributed by atoms with Gasteiger partial charge in [-0.1, -0.05) is 31.4 Å². The molecule has 0 fully saturated rings. The Morgan fingerprint density at radius 3 is 2.27 bits per heavy atom. The topological polar surface area (TPSA) is 0 Å². The largest absolute Gasteiger partial charge is 0.207 e. The highest BCUT2D eigenvalue weighted by Gasteiger charge is 1.93. The Morgan fingerprint density at radius 2 is 1.82 bits per heavy atom. The molecule has 0 saturated carbocycles. The van der Waals surface area contributed by atoms with Crippen LogP contribution in [0.5, 0.6) is 0 Å². The predicted molar refractivity (Wildman–Crippen MR) is 45.6 cm³/mol. The van der Waals surface area contributed by atoms with E-state index < -0.39 is 0 Å². The molecular weight excluding hydrogens is 139 g/mol. The van der Waals surface area contributed by atoms with E-state index in [2.05, 4.69) is 13.2 Å². The molecule has 0 aliphatic carbocycles. The number of halogens is 1. The third-order valence-corrected chi connectivity index (χ3v) is 1.46. The lowest BCUT2D eigenvalue weighted by Crippen LogP contribution is -1.78. The first kappa shape index (κ1) is 7.73. The number of benzene rings is 1. The van der Waals surface area contributed by atoms with Crippen molar-refractivity contribution in [3.63, 3.8) is 0 Å². The first-order valence-corrected chi connectivity index (χ1v) is 3.31. The lowest BCUT2D eigenvalue weighted by atomic mass is 10.1. The van der Waals surface area contributed by atoms with Crippen LogP contribution in [0.2, 0.25) is 0 Å². The molecule has 0 unspecified atom stereocenters. The zero-order chi connectivity index (χ0) is 8.27. The quantitative estimate of drug-likeness (QED) is 0.565. The molecule has 1 rings (SSSR count). The maximum atomic E-state index is 12.4. The fourth-order valence-corrected chi connectivity index (χ4v) is 0.782. The zero-order valence-electron chi connectivity index (χ0n) is 6.18. The molecule has 0 atom stereocenters. The Bertz CT molecular complexity index is 269. The van der Waals surface area contributed by atoms with E-state index in [0.717, 1.165) is 11.1 Å². The smallest absolute Gasteiger partial charge is 0.123 e. The summed E-state index contributed by atoms with van der Waals surface area (Å²) in [5, 5.41) is 0. The maximum Gasteiger partial charge on any atom is 0.123 e. The van der Waals surface area contributed by atoms with Gasteiger partial charge >= 0.3 is 0 Å². The van der Waals surface area contributed by atoms with Crippen molar-refractivity contribution in [2.45, 2.75) is 0 Å². The summed E-state index contributed by atoms with van der Waals surface area (Å²) in [6.45, 7) is 7.30. The van der Waals surface area contributed by atoms with E-state index in [1.54, 1.807) is 18.2 Å². The second-order valence-electron chi connectivity index (χ2n) is 2.24. The van der Waals surface area contributed by atoms with Gasteiger partial charge < -0.3 is 0 Å². The van der Waals surface area contributed by atoms with Crippen molar-refractivity contribution >= 4 is 5.57 Å². The monoisotopic (exact) mass is 148 g/mol. The molecule has 0 saturated heterocycles. The van der Waals surface area contributed by atoms with Gasteiger partial charge in [-0.25, -0.2) is 4.39 Å². The first-order chi connectivity index (χ1) is 5.24. The van der Waals surface area contributed by atoms with Gasteiger partial charge in [0.25, 0.3) is 0 Å². The average Bonchev–Trinajstić information content (AvgIpc) is 2.05. The molecule has 0 bridgehead atoms. The molecule has 1 aromatic rings. The van der Waals surface area contributed by atoms with Crippen LogP contribution < -0.4 is 0 Å². The lowest BCUT2D eigenvalue weighted by Gasteiger charge is -1.97. The van der Waals surface area contributed by atoms with E-state index in [-0.39, 0.29) is 5.82 Å². The minimum Gasteiger partial charge on any atom is -0.207 e. The molecule has 11 heavy (non-hydrogen) atoms. The van der Waals surface area contributed by atoms with Crippen molar-refractivity contribution < 1.29 is 4.39 Å². The van der Waals surface area contributed by atoms with Crippen LogP contribution in [-0.2, 0) is 0 Å². The van der Waals surface area contributed by atoms with Crippen molar-refractivity contribution in [1.82, 2.24) is 0 Å². The van der Waals surface area contributed by atoms with E-state index in [0.29, 0.717) is 0 Å². The number of rotatable bonds is 2. The SMILES string of the molecule is C=CC(=C)c1ccc(F)cc1. The van der Waals surface area contributed by atoms with E-state index >= 15 is 0 Å². The summed E-state index contributed by atoms with van der Waals surface area (Å²) in [5.74, 6) is -0.231. The Hall–Kier alpha value is -1.37. The van der Waals surface area contributed by atoms with Gasteiger partial charge in [0.05, 0.1) is 0 Å². The third-order valence-electron chi connectivity index (χ3n) is 1.46. The summed E-state index contributed by atoms with van der Waals surface area (Å²) >= 11 is 0. The number of hydrogen-bond acceptors (Lipinski definition) is 0. The second kappa shape index (κ2) is 3.15. The van der Waals surface area contributed by atoms with Crippen molar-refractivity contribution in [2.24, 2.45) is 0 Å². The molecule has 0 heterocycles. The Morgan fingerprint density at radius 1 is 1.27 bits per heavy atom. The summed E-state index contributed by atoms with van der Waals surface area (Å²) in [6, 6.07) is 6.17. The van der Waals surface area contributed by atoms with Crippen molar-refractivity contribution in [1.29, 1.82) is 0 Å². The zero-order valence-corrected chi connectivity index (χ0v) is 6.18. The summed E-state index contributed by atoms with van der Waals surface area (Å²) in [4.78, 5) is 0. The molecule has 0 aromatic heterocycles. The average molecular weight is 148 g/mol. The lowest BCUT2D eigenvalue weighted by molar-refractivity contribution is 0.627. The molecule has 0 N–H and O–H groups in total. The van der Waals surface area contributed by atoms with Gasteiger partial charge in [-0.05, 0) is 23.3 Å². The van der Waals surface area contributed by atoms with Crippen molar-refractivity contribution in [3.05, 3.63) is 54.9 Å². The minimum absolute atomic E-state index is 0.231. The summed E-state index contributed by atoms with van der Waals surface area (Å²) in [5.41, 5.74) is 1.71. The molecule has 0 spiro atoms. The molecule has 0 aliphatic rings. The second-order valence-corrected chi connectivity index (χ2v) is 2.24. The van der Waals surface area contributed by atoms with Gasteiger partial charge in [0.1, 0.15) is 5.82 Å². The molecule has 0 amide bonds. The van der Waals surface area contributed by atoms with Gasteiger partial charge in [0.2, 0.25) is 0 Å². The molecule has 1 aromatic carbocycles. The van der Waals surface area contributed by atoms with E-state index in [1.165, 1.54) is 12.1 Å². The maximum absolute atomic E-state index is 12.4. The van der Waals surface area contributed by atoms with Gasteiger partial charge in [-0.15, -0.1) is 0 Å². The molecule has 0 radical (unpaired) electrons. The van der Waals surface area contributed by atoms with Gasteiger partial charge in [0, 0.05) is 0 Å². The standard InChI is InChI=1S/C10H9F/c1-3-8(2)9-4-6-10(11)7-5-9/h3-7H,1-2H2. The minimum atomic E-state index is -0.231. The molecule has 56 valence electrons. The van der Waals surface area contributed by atoms with Crippen LogP contribution in [0, 0.1) is 5.82 Å². The Kier molecular flexibility index (Phi) is 2.21. The van der Waals surface area contributed by atoms with Crippen LogP contribution in [0.25, 0.3) is 5.57 Å². The molecule has 1 heteroatoms. The third kappa shape index (κ3) is 1.77. The Labute approximate surface area is 65.7 Å². The van der Waals surface area contributed by atoms with Crippen LogP contribution >= 0.6 is 0 Å². The Balaban J connectivity index is 2.98. The van der Waals surface area contributed by atoms with Crippen LogP contribution in [-0.4, -0.2) is 0 Å². The van der Waals surface area contributed by atoms with Crippen LogP contribution in [0.4, 0.5) is 4.39 Å². The van der Waals surface area contributed by atoms with Crippen molar-refractivity contribution in [3.8, 4) is 0 Å². The number of hydrogen-bond donors (Lipinski definition) is 0. The van der Waals surface area contributed by atoms with E-state index in [4.69, 9.17) is 0 Å². The fraction of sp³-hybridized carbons (Fsp3) is 0. The van der Waals surface area contributed by atoms with Crippen LogP contribution in [0.1, 0.15) is 5.56 Å². The predicted octanol–water partition coefficient (Wildman–Crippen LogP) is 3.02. The highest BCUT2D eigenvalue weighted by atomic mass is 19.1. The molecule has 0 nitrogen and oxygen atoms in total. The normalized spacial score (nSPS) is 9.18. The van der Waals surface area contributed by atoms with Gasteiger partial charge in [0.15, 0.2) is 0 Å². The van der Waals surface area contributed by atoms with E-state index in [1.807, 2.05) is 0 Å². The summed E-state index contributed by atoms with van der Waals surface area (Å²) in [6.07, 6.45) is 1.65. The van der Waals surface area contributed by atoms with Gasteiger partial charge in [-0.3, -0.25) is 0 Å². The first-order valence-electron chi connectivity index (χ1n) is 3.31. The van der Waals surface area contributed by atoms with Gasteiger partial charge in [-0.2, -0.15) is 0 Å². The summed E-state index contributed by atoms with van der Waals surface area (Å²) < 4.78 is 12.4. The van der Waals surface area contributed by atoms with E-state index in [9.17, 15) is 4.39 Å². The van der Waals surface area contributed by atoms with Crippen LogP contribution in [0.15, 0.2) is 43.5 Å².